The zero-order valence-electron chi connectivity index (χ0n) is 13.4. The van der Waals surface area contributed by atoms with Crippen LogP contribution in [0.5, 0.6) is 0 Å². The van der Waals surface area contributed by atoms with Gasteiger partial charge in [0.2, 0.25) is 15.9 Å². The van der Waals surface area contributed by atoms with Crippen molar-refractivity contribution in [3.8, 4) is 0 Å². The number of halogens is 1. The Kier molecular flexibility index (Phi) is 5.57. The number of carbonyl (C=O) groups is 2. The van der Waals surface area contributed by atoms with Crippen molar-refractivity contribution in [2.24, 2.45) is 0 Å². The van der Waals surface area contributed by atoms with Crippen molar-refractivity contribution in [2.45, 2.75) is 4.90 Å². The first-order valence-corrected chi connectivity index (χ1v) is 10.6. The Morgan fingerprint density at radius 3 is 2.48 bits per heavy atom. The van der Waals surface area contributed by atoms with E-state index in [2.05, 4.69) is 0 Å². The van der Waals surface area contributed by atoms with Crippen LogP contribution in [0, 0.1) is 0 Å². The summed E-state index contributed by atoms with van der Waals surface area (Å²) in [5, 5.41) is 0.290. The quantitative estimate of drug-likeness (QED) is 0.758. The number of sulfonamides is 1. The number of carbonyl (C=O) groups excluding carboxylic acids is 2. The fourth-order valence-electron chi connectivity index (χ4n) is 2.79. The molecule has 0 bridgehead atoms. The van der Waals surface area contributed by atoms with E-state index in [9.17, 15) is 18.0 Å². The van der Waals surface area contributed by atoms with Crippen molar-refractivity contribution in [1.82, 2.24) is 14.1 Å². The smallest absolute Gasteiger partial charge is 0.282 e. The lowest BCUT2D eigenvalue weighted by atomic mass is 10.3. The van der Waals surface area contributed by atoms with Crippen LogP contribution < -0.4 is 0 Å². The third-order valence-corrected chi connectivity index (χ3v) is 7.22. The van der Waals surface area contributed by atoms with Gasteiger partial charge >= 0.3 is 0 Å². The zero-order chi connectivity index (χ0) is 18.0. The molecule has 0 unspecified atom stereocenters. The van der Waals surface area contributed by atoms with Gasteiger partial charge in [-0.15, -0.1) is 0 Å². The van der Waals surface area contributed by atoms with Gasteiger partial charge in [-0.25, -0.2) is 8.42 Å². The SMILES string of the molecule is O=C(CN1CCSC1=O)N1CCN(S(=O)(=O)c2cccc(Cl)c2)CC1. The van der Waals surface area contributed by atoms with Crippen LogP contribution >= 0.6 is 23.4 Å². The van der Waals surface area contributed by atoms with Crippen molar-refractivity contribution in [3.05, 3.63) is 29.3 Å². The first kappa shape index (κ1) is 18.5. The Bertz CT molecular complexity index is 779. The summed E-state index contributed by atoms with van der Waals surface area (Å²) in [4.78, 5) is 27.2. The maximum absolute atomic E-state index is 12.6. The summed E-state index contributed by atoms with van der Waals surface area (Å²) in [6.45, 7) is 1.72. The molecule has 0 radical (unpaired) electrons. The lowest BCUT2D eigenvalue weighted by Crippen LogP contribution is -2.52. The predicted molar refractivity (Wildman–Crippen MR) is 96.2 cm³/mol. The number of piperazine rings is 1. The molecule has 2 amide bonds. The van der Waals surface area contributed by atoms with Gasteiger partial charge in [0, 0.05) is 43.5 Å². The van der Waals surface area contributed by atoms with E-state index >= 15 is 0 Å². The minimum Gasteiger partial charge on any atom is -0.339 e. The van der Waals surface area contributed by atoms with Gasteiger partial charge in [-0.05, 0) is 18.2 Å². The maximum atomic E-state index is 12.6. The summed E-state index contributed by atoms with van der Waals surface area (Å²) >= 11 is 7.09. The summed E-state index contributed by atoms with van der Waals surface area (Å²) in [5.41, 5.74) is 0. The average Bonchev–Trinajstić information content (AvgIpc) is 3.00. The molecule has 2 aliphatic rings. The first-order valence-electron chi connectivity index (χ1n) is 7.83. The molecule has 0 N–H and O–H groups in total. The molecule has 10 heteroatoms. The minimum absolute atomic E-state index is 0.0624. The van der Waals surface area contributed by atoms with Crippen molar-refractivity contribution in [2.75, 3.05) is 45.0 Å². The molecule has 25 heavy (non-hydrogen) atoms. The number of benzene rings is 1. The molecule has 1 aromatic rings. The third-order valence-electron chi connectivity index (χ3n) is 4.20. The van der Waals surface area contributed by atoms with E-state index < -0.39 is 10.0 Å². The van der Waals surface area contributed by atoms with Crippen LogP contribution in [-0.4, -0.2) is 78.7 Å². The van der Waals surface area contributed by atoms with Gasteiger partial charge in [0.15, 0.2) is 0 Å². The van der Waals surface area contributed by atoms with Crippen LogP contribution in [0.25, 0.3) is 0 Å². The van der Waals surface area contributed by atoms with Gasteiger partial charge in [-0.1, -0.05) is 29.4 Å². The molecule has 0 aliphatic carbocycles. The molecular formula is C15H18ClN3O4S2. The van der Waals surface area contributed by atoms with Gasteiger partial charge in [-0.3, -0.25) is 9.59 Å². The number of amides is 2. The largest absolute Gasteiger partial charge is 0.339 e. The van der Waals surface area contributed by atoms with Crippen LogP contribution in [0.15, 0.2) is 29.2 Å². The summed E-state index contributed by atoms with van der Waals surface area (Å²) in [6.07, 6.45) is 0. The molecule has 2 saturated heterocycles. The Labute approximate surface area is 155 Å². The average molecular weight is 404 g/mol. The van der Waals surface area contributed by atoms with Gasteiger partial charge in [0.25, 0.3) is 5.24 Å². The molecule has 0 atom stereocenters. The second kappa shape index (κ2) is 7.53. The van der Waals surface area contributed by atoms with E-state index in [1.807, 2.05) is 0 Å². The lowest BCUT2D eigenvalue weighted by molar-refractivity contribution is -0.132. The van der Waals surface area contributed by atoms with E-state index in [4.69, 9.17) is 11.6 Å². The van der Waals surface area contributed by atoms with Gasteiger partial charge < -0.3 is 9.80 Å². The molecule has 3 rings (SSSR count). The van der Waals surface area contributed by atoms with Gasteiger partial charge in [0.05, 0.1) is 4.90 Å². The topological polar surface area (TPSA) is 78.0 Å². The molecule has 136 valence electrons. The van der Waals surface area contributed by atoms with Crippen LogP contribution in [-0.2, 0) is 14.8 Å². The highest BCUT2D eigenvalue weighted by molar-refractivity contribution is 8.13. The Morgan fingerprint density at radius 1 is 1.16 bits per heavy atom. The number of thioether (sulfide) groups is 1. The summed E-state index contributed by atoms with van der Waals surface area (Å²) < 4.78 is 26.7. The number of nitrogens with zero attached hydrogens (tertiary/aromatic N) is 3. The van der Waals surface area contributed by atoms with Crippen molar-refractivity contribution >= 4 is 44.5 Å². The molecule has 2 aliphatic heterocycles. The third kappa shape index (κ3) is 4.11. The fourth-order valence-corrected chi connectivity index (χ4v) is 5.34. The van der Waals surface area contributed by atoms with E-state index in [0.29, 0.717) is 30.4 Å². The molecule has 1 aromatic carbocycles. The van der Waals surface area contributed by atoms with E-state index in [1.165, 1.54) is 33.1 Å². The number of rotatable bonds is 4. The Morgan fingerprint density at radius 2 is 1.88 bits per heavy atom. The maximum Gasteiger partial charge on any atom is 0.282 e. The van der Waals surface area contributed by atoms with Crippen LogP contribution in [0.4, 0.5) is 4.79 Å². The molecular weight excluding hydrogens is 386 g/mol. The van der Waals surface area contributed by atoms with E-state index in [-0.39, 0.29) is 35.7 Å². The van der Waals surface area contributed by atoms with Crippen LogP contribution in [0.3, 0.4) is 0 Å². The summed E-state index contributed by atoms with van der Waals surface area (Å²) in [6, 6.07) is 6.15. The van der Waals surface area contributed by atoms with E-state index in [1.54, 1.807) is 17.0 Å². The zero-order valence-corrected chi connectivity index (χ0v) is 15.8. The molecule has 0 aromatic heterocycles. The molecule has 7 nitrogen and oxygen atoms in total. The fraction of sp³-hybridized carbons (Fsp3) is 0.467. The lowest BCUT2D eigenvalue weighted by Gasteiger charge is -2.34. The minimum atomic E-state index is -3.62. The molecule has 0 saturated carbocycles. The molecule has 0 spiro atoms. The van der Waals surface area contributed by atoms with Gasteiger partial charge in [-0.2, -0.15) is 4.31 Å². The highest BCUT2D eigenvalue weighted by atomic mass is 35.5. The predicted octanol–water partition coefficient (Wildman–Crippen LogP) is 1.34. The van der Waals surface area contributed by atoms with E-state index in [0.717, 1.165) is 0 Å². The van der Waals surface area contributed by atoms with Crippen molar-refractivity contribution < 1.29 is 18.0 Å². The first-order chi connectivity index (χ1) is 11.9. The van der Waals surface area contributed by atoms with Crippen molar-refractivity contribution in [1.29, 1.82) is 0 Å². The number of hydrogen-bond acceptors (Lipinski definition) is 5. The summed E-state index contributed by atoms with van der Waals surface area (Å²) in [5.74, 6) is 0.563. The van der Waals surface area contributed by atoms with Crippen LogP contribution in [0.1, 0.15) is 0 Å². The summed E-state index contributed by atoms with van der Waals surface area (Å²) in [7, 11) is -3.62. The second-order valence-corrected chi connectivity index (χ2v) is 9.20. The Hall–Kier alpha value is -1.29. The standard InChI is InChI=1S/C15H18ClN3O4S2/c16-12-2-1-3-13(10-12)25(22,23)19-6-4-17(5-7-19)14(20)11-18-8-9-24-15(18)21/h1-3,10H,4-9,11H2. The highest BCUT2D eigenvalue weighted by Crippen LogP contribution is 2.21. The number of hydrogen-bond donors (Lipinski definition) is 0. The second-order valence-electron chi connectivity index (χ2n) is 5.78. The molecule has 2 heterocycles. The van der Waals surface area contributed by atoms with Crippen LogP contribution in [0.2, 0.25) is 5.02 Å². The monoisotopic (exact) mass is 403 g/mol. The van der Waals surface area contributed by atoms with Crippen molar-refractivity contribution in [3.63, 3.8) is 0 Å². The highest BCUT2D eigenvalue weighted by Gasteiger charge is 2.32. The Balaban J connectivity index is 1.59. The molecule has 2 fully saturated rings. The normalized spacial score (nSPS) is 19.5. The van der Waals surface area contributed by atoms with Gasteiger partial charge in [0.1, 0.15) is 6.54 Å².